The summed E-state index contributed by atoms with van der Waals surface area (Å²) in [5, 5.41) is 9.29. The molecule has 1 rings (SSSR count). The van der Waals surface area contributed by atoms with Gasteiger partial charge in [0.15, 0.2) is 0 Å². The summed E-state index contributed by atoms with van der Waals surface area (Å²) in [6.45, 7) is 0. The second kappa shape index (κ2) is 3.88. The normalized spacial score (nSPS) is 12.5. The molecule has 0 bridgehead atoms. The third kappa shape index (κ3) is 2.16. The Hall–Kier alpha value is -1.15. The van der Waals surface area contributed by atoms with Gasteiger partial charge in [-0.05, 0) is 5.56 Å². The molecule has 0 aliphatic rings. The summed E-state index contributed by atoms with van der Waals surface area (Å²) in [6.07, 6.45) is 0.246. The van der Waals surface area contributed by atoms with Crippen molar-refractivity contribution in [1.82, 2.24) is 0 Å². The van der Waals surface area contributed by atoms with Crippen molar-refractivity contribution in [1.29, 1.82) is 0 Å². The molecular weight excluding hydrogens is 140 g/mol. The molecule has 1 aromatic rings. The first-order chi connectivity index (χ1) is 5.34. The van der Waals surface area contributed by atoms with Gasteiger partial charge >= 0.3 is 0 Å². The molecule has 1 N–H and O–H groups in total. The van der Waals surface area contributed by atoms with Gasteiger partial charge in [-0.2, -0.15) is 0 Å². The van der Waals surface area contributed by atoms with Crippen LogP contribution in [0.1, 0.15) is 18.1 Å². The molecule has 11 heavy (non-hydrogen) atoms. The third-order valence-corrected chi connectivity index (χ3v) is 1.50. The lowest BCUT2D eigenvalue weighted by atomic mass is 10.1. The molecule has 0 amide bonds. The van der Waals surface area contributed by atoms with Crippen LogP contribution in [0.15, 0.2) is 30.3 Å². The summed E-state index contributed by atoms with van der Waals surface area (Å²) in [5.41, 5.74) is 0.791. The molecule has 1 unspecified atom stereocenters. The number of aliphatic hydroxyl groups excluding tert-OH is 1. The predicted octanol–water partition coefficient (Wildman–Crippen LogP) is 1.31. The summed E-state index contributed by atoms with van der Waals surface area (Å²) in [7, 11) is 0. The van der Waals surface area contributed by atoms with E-state index >= 15 is 0 Å². The van der Waals surface area contributed by atoms with Gasteiger partial charge < -0.3 is 9.90 Å². The zero-order valence-electron chi connectivity index (χ0n) is 6.10. The minimum absolute atomic E-state index is 0.171. The Morgan fingerprint density at radius 2 is 2.00 bits per heavy atom. The highest BCUT2D eigenvalue weighted by Gasteiger charge is 2.03. The Morgan fingerprint density at radius 3 is 2.55 bits per heavy atom. The molecule has 0 heterocycles. The molecule has 2 heteroatoms. The van der Waals surface area contributed by atoms with Crippen LogP contribution in [0.25, 0.3) is 0 Å². The van der Waals surface area contributed by atoms with E-state index in [1.165, 1.54) is 0 Å². The third-order valence-electron chi connectivity index (χ3n) is 1.50. The van der Waals surface area contributed by atoms with Crippen molar-refractivity contribution in [2.45, 2.75) is 12.5 Å². The fourth-order valence-electron chi connectivity index (χ4n) is 0.902. The van der Waals surface area contributed by atoms with Gasteiger partial charge in [-0.15, -0.1) is 0 Å². The maximum atomic E-state index is 10.0. The molecule has 0 aromatic heterocycles. The summed E-state index contributed by atoms with van der Waals surface area (Å²) in [4.78, 5) is 10.0. The molecule has 0 aliphatic heterocycles. The van der Waals surface area contributed by atoms with Crippen molar-refractivity contribution < 1.29 is 9.90 Å². The molecule has 1 aromatic carbocycles. The fraction of sp³-hybridized carbons (Fsp3) is 0.222. The standard InChI is InChI=1S/C9H10O2/c10-7-6-9(11)8-4-2-1-3-5-8/h1-5,7,9,11H,6H2. The maximum Gasteiger partial charge on any atom is 0.122 e. The van der Waals surface area contributed by atoms with Gasteiger partial charge in [-0.3, -0.25) is 0 Å². The molecular formula is C9H10O2. The number of carbonyl (C=O) groups excluding carboxylic acids is 1. The number of carbonyl (C=O) groups is 1. The van der Waals surface area contributed by atoms with Gasteiger partial charge in [0.05, 0.1) is 6.10 Å². The molecule has 0 spiro atoms. The smallest absolute Gasteiger partial charge is 0.122 e. The quantitative estimate of drug-likeness (QED) is 0.659. The van der Waals surface area contributed by atoms with E-state index in [9.17, 15) is 9.90 Å². The Kier molecular flexibility index (Phi) is 2.81. The van der Waals surface area contributed by atoms with E-state index in [0.29, 0.717) is 0 Å². The maximum absolute atomic E-state index is 10.0. The van der Waals surface area contributed by atoms with Crippen LogP contribution >= 0.6 is 0 Å². The lowest BCUT2D eigenvalue weighted by molar-refractivity contribution is -0.109. The summed E-state index contributed by atoms with van der Waals surface area (Å²) < 4.78 is 0. The second-order valence-electron chi connectivity index (χ2n) is 2.33. The Balaban J connectivity index is 2.68. The van der Waals surface area contributed by atoms with Gasteiger partial charge in [0.25, 0.3) is 0 Å². The molecule has 0 aliphatic carbocycles. The average molecular weight is 150 g/mol. The monoisotopic (exact) mass is 150 g/mol. The van der Waals surface area contributed by atoms with Crippen molar-refractivity contribution in [3.63, 3.8) is 0 Å². The average Bonchev–Trinajstić information content (AvgIpc) is 2.07. The molecule has 0 saturated carbocycles. The molecule has 0 saturated heterocycles. The van der Waals surface area contributed by atoms with Gasteiger partial charge in [-0.25, -0.2) is 0 Å². The topological polar surface area (TPSA) is 37.3 Å². The summed E-state index contributed by atoms with van der Waals surface area (Å²) >= 11 is 0. The van der Waals surface area contributed by atoms with E-state index in [2.05, 4.69) is 0 Å². The first-order valence-corrected chi connectivity index (χ1v) is 3.51. The van der Waals surface area contributed by atoms with E-state index in [-0.39, 0.29) is 6.42 Å². The zero-order chi connectivity index (χ0) is 8.10. The second-order valence-corrected chi connectivity index (χ2v) is 2.33. The molecule has 1 atom stereocenters. The lowest BCUT2D eigenvalue weighted by Crippen LogP contribution is -1.96. The van der Waals surface area contributed by atoms with Crippen LogP contribution in [0.5, 0.6) is 0 Å². The molecule has 2 nitrogen and oxygen atoms in total. The van der Waals surface area contributed by atoms with Crippen LogP contribution in [-0.2, 0) is 4.79 Å². The van der Waals surface area contributed by atoms with Crippen LogP contribution in [0.3, 0.4) is 0 Å². The summed E-state index contributed by atoms with van der Waals surface area (Å²) in [6, 6.07) is 9.15. The van der Waals surface area contributed by atoms with Crippen LogP contribution in [0, 0.1) is 0 Å². The van der Waals surface area contributed by atoms with Crippen LogP contribution in [0.4, 0.5) is 0 Å². The lowest BCUT2D eigenvalue weighted by Gasteiger charge is -2.05. The fourth-order valence-corrected chi connectivity index (χ4v) is 0.902. The molecule has 0 radical (unpaired) electrons. The zero-order valence-corrected chi connectivity index (χ0v) is 6.10. The molecule has 58 valence electrons. The highest BCUT2D eigenvalue weighted by Crippen LogP contribution is 2.13. The van der Waals surface area contributed by atoms with Crippen molar-refractivity contribution in [3.8, 4) is 0 Å². The van der Waals surface area contributed by atoms with Gasteiger partial charge in [-0.1, -0.05) is 30.3 Å². The summed E-state index contributed by atoms with van der Waals surface area (Å²) in [5.74, 6) is 0. The number of aldehydes is 1. The van der Waals surface area contributed by atoms with Crippen LogP contribution in [0.2, 0.25) is 0 Å². The Labute approximate surface area is 65.5 Å². The number of hydrogen-bond acceptors (Lipinski definition) is 2. The minimum Gasteiger partial charge on any atom is -0.388 e. The largest absolute Gasteiger partial charge is 0.388 e. The van der Waals surface area contributed by atoms with E-state index in [1.807, 2.05) is 18.2 Å². The van der Waals surface area contributed by atoms with Crippen molar-refractivity contribution in [2.75, 3.05) is 0 Å². The van der Waals surface area contributed by atoms with Crippen molar-refractivity contribution in [2.24, 2.45) is 0 Å². The van der Waals surface area contributed by atoms with Crippen LogP contribution in [-0.4, -0.2) is 11.4 Å². The van der Waals surface area contributed by atoms with E-state index in [1.54, 1.807) is 12.1 Å². The van der Waals surface area contributed by atoms with E-state index in [4.69, 9.17) is 0 Å². The number of aliphatic hydroxyl groups is 1. The SMILES string of the molecule is O=CCC(O)c1ccccc1. The first kappa shape index (κ1) is 7.95. The highest BCUT2D eigenvalue weighted by molar-refractivity contribution is 5.50. The van der Waals surface area contributed by atoms with E-state index in [0.717, 1.165) is 11.8 Å². The van der Waals surface area contributed by atoms with E-state index < -0.39 is 6.10 Å². The Morgan fingerprint density at radius 1 is 1.36 bits per heavy atom. The number of benzene rings is 1. The minimum atomic E-state index is -0.645. The number of hydrogen-bond donors (Lipinski definition) is 1. The van der Waals surface area contributed by atoms with Crippen LogP contribution < -0.4 is 0 Å². The Bertz CT molecular complexity index is 218. The van der Waals surface area contributed by atoms with Gasteiger partial charge in [0.1, 0.15) is 6.29 Å². The first-order valence-electron chi connectivity index (χ1n) is 3.51. The highest BCUT2D eigenvalue weighted by atomic mass is 16.3. The van der Waals surface area contributed by atoms with Gasteiger partial charge in [0, 0.05) is 6.42 Å². The predicted molar refractivity (Wildman–Crippen MR) is 42.1 cm³/mol. The van der Waals surface area contributed by atoms with Crippen molar-refractivity contribution in [3.05, 3.63) is 35.9 Å². The van der Waals surface area contributed by atoms with Crippen molar-refractivity contribution >= 4 is 6.29 Å². The van der Waals surface area contributed by atoms with Gasteiger partial charge in [0.2, 0.25) is 0 Å². The number of rotatable bonds is 3. The molecule has 0 fully saturated rings.